The van der Waals surface area contributed by atoms with Gasteiger partial charge in [-0.1, -0.05) is 32.4 Å². The third kappa shape index (κ3) is 3.49. The minimum Gasteiger partial charge on any atom is -0.508 e. The van der Waals surface area contributed by atoms with Gasteiger partial charge >= 0.3 is 0 Å². The fraction of sp³-hybridized carbons (Fsp3) is 0.500. The lowest BCUT2D eigenvalue weighted by molar-refractivity contribution is 0.474. The maximum absolute atomic E-state index is 9.08. The highest BCUT2D eigenvalue weighted by atomic mass is 16.3. The van der Waals surface area contributed by atoms with Crippen molar-refractivity contribution in [2.45, 2.75) is 33.1 Å². The largest absolute Gasteiger partial charge is 0.508 e. The zero-order valence-electron chi connectivity index (χ0n) is 8.46. The number of hydrogen-bond acceptors (Lipinski definition) is 1. The van der Waals surface area contributed by atoms with E-state index in [2.05, 4.69) is 13.8 Å². The smallest absolute Gasteiger partial charge is 0.115 e. The number of rotatable bonds is 4. The number of aryl methyl sites for hydroxylation is 1. The Bertz CT molecular complexity index is 238. The maximum Gasteiger partial charge on any atom is 0.115 e. The van der Waals surface area contributed by atoms with E-state index in [9.17, 15) is 0 Å². The van der Waals surface area contributed by atoms with Crippen LogP contribution in [0.4, 0.5) is 0 Å². The van der Waals surface area contributed by atoms with Gasteiger partial charge in [-0.15, -0.1) is 0 Å². The Kier molecular flexibility index (Phi) is 3.81. The minimum atomic E-state index is 0.354. The monoisotopic (exact) mass is 178 g/mol. The van der Waals surface area contributed by atoms with E-state index in [0.29, 0.717) is 5.75 Å². The summed E-state index contributed by atoms with van der Waals surface area (Å²) in [5.74, 6) is 1.15. The number of hydrogen-bond donors (Lipinski definition) is 1. The molecule has 1 rings (SSSR count). The highest BCUT2D eigenvalue weighted by Gasteiger charge is 1.99. The highest BCUT2D eigenvalue weighted by Crippen LogP contribution is 2.14. The zero-order valence-corrected chi connectivity index (χ0v) is 8.46. The van der Waals surface area contributed by atoms with E-state index in [4.69, 9.17) is 5.11 Å². The van der Waals surface area contributed by atoms with Crippen LogP contribution < -0.4 is 0 Å². The third-order valence-electron chi connectivity index (χ3n) is 2.56. The van der Waals surface area contributed by atoms with Crippen LogP contribution in [-0.2, 0) is 6.42 Å². The Labute approximate surface area is 80.4 Å². The van der Waals surface area contributed by atoms with E-state index in [1.807, 2.05) is 12.1 Å². The van der Waals surface area contributed by atoms with Gasteiger partial charge < -0.3 is 5.11 Å². The summed E-state index contributed by atoms with van der Waals surface area (Å²) in [5.41, 5.74) is 1.32. The van der Waals surface area contributed by atoms with Crippen molar-refractivity contribution >= 4 is 0 Å². The minimum absolute atomic E-state index is 0.354. The van der Waals surface area contributed by atoms with Crippen LogP contribution in [0.5, 0.6) is 5.75 Å². The second-order valence-electron chi connectivity index (χ2n) is 3.72. The second kappa shape index (κ2) is 4.90. The van der Waals surface area contributed by atoms with Gasteiger partial charge in [0.25, 0.3) is 0 Å². The summed E-state index contributed by atoms with van der Waals surface area (Å²) in [5, 5.41) is 9.08. The molecule has 1 nitrogen and oxygen atoms in total. The Hall–Kier alpha value is -0.980. The highest BCUT2D eigenvalue weighted by molar-refractivity contribution is 5.25. The first-order valence-corrected chi connectivity index (χ1v) is 5.00. The van der Waals surface area contributed by atoms with Gasteiger partial charge in [0, 0.05) is 0 Å². The zero-order chi connectivity index (χ0) is 9.68. The molecule has 0 amide bonds. The van der Waals surface area contributed by atoms with Crippen molar-refractivity contribution in [1.82, 2.24) is 0 Å². The van der Waals surface area contributed by atoms with Crippen LogP contribution in [0.15, 0.2) is 24.3 Å². The molecule has 0 aliphatic rings. The molecular weight excluding hydrogens is 160 g/mol. The Balaban J connectivity index is 2.41. The number of phenolic OH excluding ortho intramolecular Hbond substituents is 1. The molecule has 0 saturated heterocycles. The van der Waals surface area contributed by atoms with Gasteiger partial charge in [0.2, 0.25) is 0 Å². The van der Waals surface area contributed by atoms with Gasteiger partial charge in [-0.05, 0) is 36.5 Å². The summed E-state index contributed by atoms with van der Waals surface area (Å²) >= 11 is 0. The van der Waals surface area contributed by atoms with Crippen LogP contribution in [0, 0.1) is 5.92 Å². The van der Waals surface area contributed by atoms with Crippen LogP contribution in [0.25, 0.3) is 0 Å². The summed E-state index contributed by atoms with van der Waals surface area (Å²) in [6.45, 7) is 4.50. The first-order valence-electron chi connectivity index (χ1n) is 5.00. The molecular formula is C12H18O. The molecule has 0 spiro atoms. The van der Waals surface area contributed by atoms with E-state index < -0.39 is 0 Å². The molecule has 1 N–H and O–H groups in total. The molecule has 13 heavy (non-hydrogen) atoms. The average molecular weight is 178 g/mol. The molecule has 1 aromatic carbocycles. The molecule has 72 valence electrons. The fourth-order valence-corrected chi connectivity index (χ4v) is 1.28. The van der Waals surface area contributed by atoms with Gasteiger partial charge in [-0.3, -0.25) is 0 Å². The quantitative estimate of drug-likeness (QED) is 0.749. The summed E-state index contributed by atoms with van der Waals surface area (Å²) in [4.78, 5) is 0. The lowest BCUT2D eigenvalue weighted by Crippen LogP contribution is -1.94. The summed E-state index contributed by atoms with van der Waals surface area (Å²) in [7, 11) is 0. The Morgan fingerprint density at radius 2 is 1.85 bits per heavy atom. The predicted octanol–water partition coefficient (Wildman–Crippen LogP) is 3.37. The Morgan fingerprint density at radius 1 is 1.23 bits per heavy atom. The van der Waals surface area contributed by atoms with E-state index in [1.54, 1.807) is 12.1 Å². The average Bonchev–Trinajstić information content (AvgIpc) is 2.16. The second-order valence-corrected chi connectivity index (χ2v) is 3.72. The molecule has 0 saturated carbocycles. The summed E-state index contributed by atoms with van der Waals surface area (Å²) in [6, 6.07) is 7.51. The van der Waals surface area contributed by atoms with Crippen molar-refractivity contribution in [3.05, 3.63) is 29.8 Å². The standard InChI is InChI=1S/C12H18O/c1-3-10(2)4-5-11-6-8-12(13)9-7-11/h6-10,13H,3-5H2,1-2H3. The van der Waals surface area contributed by atoms with Crippen molar-refractivity contribution in [3.8, 4) is 5.75 Å². The fourth-order valence-electron chi connectivity index (χ4n) is 1.28. The molecule has 1 heteroatoms. The maximum atomic E-state index is 9.08. The van der Waals surface area contributed by atoms with Crippen LogP contribution in [-0.4, -0.2) is 5.11 Å². The molecule has 1 aromatic rings. The van der Waals surface area contributed by atoms with E-state index in [0.717, 1.165) is 12.3 Å². The third-order valence-corrected chi connectivity index (χ3v) is 2.56. The van der Waals surface area contributed by atoms with Crippen molar-refractivity contribution in [1.29, 1.82) is 0 Å². The summed E-state index contributed by atoms with van der Waals surface area (Å²) < 4.78 is 0. The van der Waals surface area contributed by atoms with Crippen molar-refractivity contribution in [2.75, 3.05) is 0 Å². The van der Waals surface area contributed by atoms with Gasteiger partial charge in [0.15, 0.2) is 0 Å². The van der Waals surface area contributed by atoms with Crippen LogP contribution in [0.3, 0.4) is 0 Å². The van der Waals surface area contributed by atoms with Crippen LogP contribution in [0.1, 0.15) is 32.3 Å². The molecule has 0 aromatic heterocycles. The lowest BCUT2D eigenvalue weighted by Gasteiger charge is -2.07. The topological polar surface area (TPSA) is 20.2 Å². The van der Waals surface area contributed by atoms with Crippen molar-refractivity contribution in [2.24, 2.45) is 5.92 Å². The lowest BCUT2D eigenvalue weighted by atomic mass is 9.99. The SMILES string of the molecule is CCC(C)CCc1ccc(O)cc1. The summed E-state index contributed by atoms with van der Waals surface area (Å²) in [6.07, 6.45) is 3.61. The first-order chi connectivity index (χ1) is 6.22. The van der Waals surface area contributed by atoms with Crippen LogP contribution >= 0.6 is 0 Å². The molecule has 0 bridgehead atoms. The van der Waals surface area contributed by atoms with Gasteiger partial charge in [-0.2, -0.15) is 0 Å². The first kappa shape index (κ1) is 10.1. The van der Waals surface area contributed by atoms with Crippen LogP contribution in [0.2, 0.25) is 0 Å². The molecule has 1 unspecified atom stereocenters. The molecule has 0 fully saturated rings. The molecule has 0 heterocycles. The number of benzene rings is 1. The van der Waals surface area contributed by atoms with Gasteiger partial charge in [0.05, 0.1) is 0 Å². The van der Waals surface area contributed by atoms with E-state index in [1.165, 1.54) is 18.4 Å². The van der Waals surface area contributed by atoms with Crippen molar-refractivity contribution in [3.63, 3.8) is 0 Å². The van der Waals surface area contributed by atoms with Gasteiger partial charge in [0.1, 0.15) is 5.75 Å². The normalized spacial score (nSPS) is 12.8. The number of phenols is 1. The molecule has 1 atom stereocenters. The van der Waals surface area contributed by atoms with Gasteiger partial charge in [-0.25, -0.2) is 0 Å². The Morgan fingerprint density at radius 3 is 2.38 bits per heavy atom. The molecule has 0 aliphatic heterocycles. The predicted molar refractivity (Wildman–Crippen MR) is 55.9 cm³/mol. The molecule has 0 aliphatic carbocycles. The molecule has 0 radical (unpaired) electrons. The van der Waals surface area contributed by atoms with E-state index >= 15 is 0 Å². The van der Waals surface area contributed by atoms with Crippen molar-refractivity contribution < 1.29 is 5.11 Å². The number of aromatic hydroxyl groups is 1. The van der Waals surface area contributed by atoms with E-state index in [-0.39, 0.29) is 0 Å².